The van der Waals surface area contributed by atoms with Gasteiger partial charge in [0.15, 0.2) is 0 Å². The number of hydrogen-bond acceptors (Lipinski definition) is 5. The topological polar surface area (TPSA) is 75.1 Å². The molecule has 0 spiro atoms. The summed E-state index contributed by atoms with van der Waals surface area (Å²) in [7, 11) is 0. The highest BCUT2D eigenvalue weighted by Crippen LogP contribution is 2.33. The third-order valence-corrected chi connectivity index (χ3v) is 4.61. The number of rotatable bonds is 3. The Bertz CT molecular complexity index is 677. The van der Waals surface area contributed by atoms with Crippen LogP contribution in [-0.2, 0) is 4.79 Å². The molecular weight excluding hydrogens is 286 g/mol. The smallest absolute Gasteiger partial charge is 0.321 e. The maximum atomic E-state index is 11.0. The van der Waals surface area contributed by atoms with Crippen molar-refractivity contribution in [1.82, 2.24) is 15.3 Å². The van der Waals surface area contributed by atoms with E-state index in [2.05, 4.69) is 15.3 Å². The van der Waals surface area contributed by atoms with Crippen molar-refractivity contribution in [2.24, 2.45) is 0 Å². The molecule has 3 heterocycles. The number of pyridine rings is 2. The highest BCUT2D eigenvalue weighted by atomic mass is 32.2. The van der Waals surface area contributed by atoms with Crippen molar-refractivity contribution < 1.29 is 9.90 Å². The summed E-state index contributed by atoms with van der Waals surface area (Å²) >= 11 is 1.60. The number of nitrogens with one attached hydrogen (secondary N) is 1. The molecular formula is C15H15N3O2S. The summed E-state index contributed by atoms with van der Waals surface area (Å²) in [4.78, 5) is 19.7. The van der Waals surface area contributed by atoms with Gasteiger partial charge in [0, 0.05) is 18.1 Å². The molecule has 1 aliphatic rings. The Kier molecular flexibility index (Phi) is 3.90. The van der Waals surface area contributed by atoms with Crippen LogP contribution in [0.4, 0.5) is 0 Å². The van der Waals surface area contributed by atoms with Gasteiger partial charge in [0.25, 0.3) is 0 Å². The number of aromatic nitrogens is 2. The molecule has 6 heteroatoms. The van der Waals surface area contributed by atoms with E-state index >= 15 is 0 Å². The molecule has 0 amide bonds. The van der Waals surface area contributed by atoms with E-state index in [0.29, 0.717) is 5.75 Å². The summed E-state index contributed by atoms with van der Waals surface area (Å²) in [6.45, 7) is 2.01. The summed E-state index contributed by atoms with van der Waals surface area (Å²) in [5.41, 5.74) is 3.79. The minimum absolute atomic E-state index is 0.0161. The first-order chi connectivity index (χ1) is 10.1. The Morgan fingerprint density at radius 1 is 1.29 bits per heavy atom. The van der Waals surface area contributed by atoms with Crippen LogP contribution >= 0.6 is 11.8 Å². The van der Waals surface area contributed by atoms with Gasteiger partial charge in [-0.05, 0) is 42.3 Å². The van der Waals surface area contributed by atoms with E-state index in [1.165, 1.54) is 0 Å². The SMILES string of the molecule is Cc1ccnc(-c2cc(C3NC(C(=O)O)CS3)ccn2)c1. The highest BCUT2D eigenvalue weighted by Gasteiger charge is 2.30. The molecule has 2 N–H and O–H groups in total. The first kappa shape index (κ1) is 14.0. The molecule has 0 saturated carbocycles. The molecule has 3 rings (SSSR count). The Morgan fingerprint density at radius 2 is 2.00 bits per heavy atom. The Hall–Kier alpha value is -1.92. The van der Waals surface area contributed by atoms with Crippen LogP contribution in [0, 0.1) is 6.92 Å². The lowest BCUT2D eigenvalue weighted by Crippen LogP contribution is -2.33. The van der Waals surface area contributed by atoms with Crippen molar-refractivity contribution in [3.8, 4) is 11.4 Å². The number of hydrogen-bond donors (Lipinski definition) is 2. The fraction of sp³-hybridized carbons (Fsp3) is 0.267. The third-order valence-electron chi connectivity index (χ3n) is 3.34. The van der Waals surface area contributed by atoms with Gasteiger partial charge in [0.1, 0.15) is 6.04 Å². The number of nitrogens with zero attached hydrogens (tertiary/aromatic N) is 2. The number of aliphatic carboxylic acids is 1. The van der Waals surface area contributed by atoms with E-state index in [-0.39, 0.29) is 5.37 Å². The molecule has 2 atom stereocenters. The first-order valence-electron chi connectivity index (χ1n) is 6.63. The lowest BCUT2D eigenvalue weighted by Gasteiger charge is -2.12. The van der Waals surface area contributed by atoms with Gasteiger partial charge < -0.3 is 5.11 Å². The van der Waals surface area contributed by atoms with Crippen LogP contribution in [0.1, 0.15) is 16.5 Å². The number of carboxylic acid groups (broad SMARTS) is 1. The van der Waals surface area contributed by atoms with Gasteiger partial charge in [-0.15, -0.1) is 11.8 Å². The monoisotopic (exact) mass is 301 g/mol. The molecule has 0 aromatic carbocycles. The first-order valence-corrected chi connectivity index (χ1v) is 7.68. The van der Waals surface area contributed by atoms with Crippen molar-refractivity contribution in [3.63, 3.8) is 0 Å². The molecule has 5 nitrogen and oxygen atoms in total. The van der Waals surface area contributed by atoms with Gasteiger partial charge in [-0.3, -0.25) is 20.1 Å². The number of thioether (sulfide) groups is 1. The van der Waals surface area contributed by atoms with Gasteiger partial charge >= 0.3 is 5.97 Å². The second kappa shape index (κ2) is 5.83. The van der Waals surface area contributed by atoms with Crippen LogP contribution in [-0.4, -0.2) is 32.8 Å². The van der Waals surface area contributed by atoms with Crippen LogP contribution in [0.5, 0.6) is 0 Å². The zero-order valence-electron chi connectivity index (χ0n) is 11.5. The second-order valence-corrected chi connectivity index (χ2v) is 6.10. The van der Waals surface area contributed by atoms with Crippen molar-refractivity contribution in [3.05, 3.63) is 47.8 Å². The normalized spacial score (nSPS) is 21.4. The quantitative estimate of drug-likeness (QED) is 0.905. The van der Waals surface area contributed by atoms with Gasteiger partial charge in [-0.2, -0.15) is 0 Å². The van der Waals surface area contributed by atoms with E-state index in [9.17, 15) is 4.79 Å². The average molecular weight is 301 g/mol. The van der Waals surface area contributed by atoms with Crippen LogP contribution in [0.3, 0.4) is 0 Å². The van der Waals surface area contributed by atoms with Crippen molar-refractivity contribution in [1.29, 1.82) is 0 Å². The lowest BCUT2D eigenvalue weighted by molar-refractivity contribution is -0.138. The average Bonchev–Trinajstić information content (AvgIpc) is 2.97. The largest absolute Gasteiger partial charge is 0.480 e. The van der Waals surface area contributed by atoms with Gasteiger partial charge in [0.05, 0.1) is 16.8 Å². The van der Waals surface area contributed by atoms with Gasteiger partial charge in [0.2, 0.25) is 0 Å². The predicted octanol–water partition coefficient (Wildman–Crippen LogP) is 2.24. The minimum atomic E-state index is -0.806. The Balaban J connectivity index is 1.86. The zero-order valence-corrected chi connectivity index (χ0v) is 12.3. The lowest BCUT2D eigenvalue weighted by atomic mass is 10.1. The number of carbonyl (C=O) groups is 1. The summed E-state index contributed by atoms with van der Waals surface area (Å²) < 4.78 is 0. The Morgan fingerprint density at radius 3 is 2.67 bits per heavy atom. The molecule has 0 aliphatic carbocycles. The number of aryl methyl sites for hydroxylation is 1. The van der Waals surface area contributed by atoms with E-state index in [0.717, 1.165) is 22.5 Å². The molecule has 1 saturated heterocycles. The van der Waals surface area contributed by atoms with E-state index < -0.39 is 12.0 Å². The summed E-state index contributed by atoms with van der Waals surface area (Å²) in [6.07, 6.45) is 3.51. The maximum absolute atomic E-state index is 11.0. The minimum Gasteiger partial charge on any atom is -0.480 e. The maximum Gasteiger partial charge on any atom is 0.321 e. The number of carboxylic acids is 1. The van der Waals surface area contributed by atoms with Gasteiger partial charge in [-0.25, -0.2) is 0 Å². The van der Waals surface area contributed by atoms with Gasteiger partial charge in [-0.1, -0.05) is 0 Å². The second-order valence-electron chi connectivity index (χ2n) is 4.96. The molecule has 0 bridgehead atoms. The fourth-order valence-corrected chi connectivity index (χ4v) is 3.46. The third kappa shape index (κ3) is 3.06. The van der Waals surface area contributed by atoms with Crippen LogP contribution in [0.15, 0.2) is 36.7 Å². The molecule has 1 fully saturated rings. The standard InChI is InChI=1S/C15H15N3O2S/c1-9-2-4-16-11(6-9)12-7-10(3-5-17-12)14-18-13(8-21-14)15(19)20/h2-7,13-14,18H,8H2,1H3,(H,19,20). The summed E-state index contributed by atoms with van der Waals surface area (Å²) in [6, 6.07) is 7.32. The Labute approximate surface area is 126 Å². The van der Waals surface area contributed by atoms with Crippen molar-refractivity contribution >= 4 is 17.7 Å². The zero-order chi connectivity index (χ0) is 14.8. The van der Waals surface area contributed by atoms with E-state index in [1.54, 1.807) is 24.2 Å². The summed E-state index contributed by atoms with van der Waals surface area (Å²) in [5.74, 6) is -0.236. The molecule has 2 aromatic heterocycles. The predicted molar refractivity (Wildman–Crippen MR) is 82.0 cm³/mol. The molecule has 0 radical (unpaired) electrons. The van der Waals surface area contributed by atoms with Crippen molar-refractivity contribution in [2.75, 3.05) is 5.75 Å². The molecule has 2 unspecified atom stereocenters. The van der Waals surface area contributed by atoms with E-state index in [4.69, 9.17) is 5.11 Å². The molecule has 1 aliphatic heterocycles. The fourth-order valence-electron chi connectivity index (χ4n) is 2.23. The molecule has 108 valence electrons. The van der Waals surface area contributed by atoms with Crippen LogP contribution in [0.25, 0.3) is 11.4 Å². The summed E-state index contributed by atoms with van der Waals surface area (Å²) in [5, 5.41) is 12.1. The van der Waals surface area contributed by atoms with Crippen LogP contribution < -0.4 is 5.32 Å². The highest BCUT2D eigenvalue weighted by molar-refractivity contribution is 7.99. The molecule has 2 aromatic rings. The van der Waals surface area contributed by atoms with E-state index in [1.807, 2.05) is 31.2 Å². The van der Waals surface area contributed by atoms with Crippen molar-refractivity contribution in [2.45, 2.75) is 18.3 Å². The molecule has 21 heavy (non-hydrogen) atoms. The van der Waals surface area contributed by atoms with Crippen LogP contribution in [0.2, 0.25) is 0 Å².